The van der Waals surface area contributed by atoms with Gasteiger partial charge in [-0.2, -0.15) is 0 Å². The molecule has 30 heavy (non-hydrogen) atoms. The van der Waals surface area contributed by atoms with Crippen molar-refractivity contribution in [2.45, 2.75) is 50.7 Å². The second-order valence-corrected chi connectivity index (χ2v) is 8.87. The van der Waals surface area contributed by atoms with E-state index in [1.807, 2.05) is 39.8 Å². The molecule has 7 nitrogen and oxygen atoms in total. The average Bonchev–Trinajstić information content (AvgIpc) is 3.23. The van der Waals surface area contributed by atoms with E-state index in [-0.39, 0.29) is 17.4 Å². The van der Waals surface area contributed by atoms with Crippen LogP contribution in [0.3, 0.4) is 0 Å². The van der Waals surface area contributed by atoms with E-state index in [1.165, 1.54) is 6.42 Å². The molecule has 1 aromatic carbocycles. The Hall–Kier alpha value is -3.09. The number of piperidine rings is 1. The van der Waals surface area contributed by atoms with Crippen LogP contribution in [0.2, 0.25) is 0 Å². The largest absolute Gasteiger partial charge is 0.351 e. The van der Waals surface area contributed by atoms with E-state index in [0.29, 0.717) is 31.0 Å². The second kappa shape index (κ2) is 6.45. The van der Waals surface area contributed by atoms with Crippen molar-refractivity contribution in [3.63, 3.8) is 0 Å². The van der Waals surface area contributed by atoms with Gasteiger partial charge < -0.3 is 19.4 Å². The van der Waals surface area contributed by atoms with Crippen LogP contribution in [0, 0.1) is 0 Å². The fourth-order valence-electron chi connectivity index (χ4n) is 5.17. The minimum Gasteiger partial charge on any atom is -0.351 e. The van der Waals surface area contributed by atoms with E-state index in [2.05, 4.69) is 14.9 Å². The minimum absolute atomic E-state index is 0.0336. The van der Waals surface area contributed by atoms with Crippen LogP contribution in [0.15, 0.2) is 36.7 Å². The van der Waals surface area contributed by atoms with E-state index in [9.17, 15) is 9.59 Å². The average molecular weight is 403 g/mol. The first-order chi connectivity index (χ1) is 14.6. The van der Waals surface area contributed by atoms with Gasteiger partial charge in [0.25, 0.3) is 11.8 Å². The molecule has 7 heteroatoms. The summed E-state index contributed by atoms with van der Waals surface area (Å²) >= 11 is 0. The third-order valence-electron chi connectivity index (χ3n) is 7.07. The van der Waals surface area contributed by atoms with Crippen LogP contribution in [-0.4, -0.2) is 54.8 Å². The zero-order chi connectivity index (χ0) is 20.3. The van der Waals surface area contributed by atoms with Crippen molar-refractivity contribution in [3.05, 3.63) is 53.7 Å². The Morgan fingerprint density at radius 3 is 2.70 bits per heavy atom. The molecule has 2 amide bonds. The molecular formula is C23H25N5O2. The summed E-state index contributed by atoms with van der Waals surface area (Å²) < 4.78 is 2.03. The van der Waals surface area contributed by atoms with Gasteiger partial charge in [-0.15, -0.1) is 0 Å². The number of rotatable bonds is 2. The number of nitrogens with one attached hydrogen (secondary N) is 1. The standard InChI is InChI=1S/C23H25N5O2/c29-21(18-13-16-5-1-2-6-17(16)25-18)26-11-12-27-15-24-20(19(27)14-26)22(30)28-10-4-3-7-23(28)8-9-23/h1-2,5-6,13,15,25H,3-4,7-12,14H2. The van der Waals surface area contributed by atoms with Gasteiger partial charge in [0.1, 0.15) is 5.69 Å². The van der Waals surface area contributed by atoms with Crippen LogP contribution in [0.4, 0.5) is 0 Å². The fourth-order valence-corrected chi connectivity index (χ4v) is 5.17. The number of imidazole rings is 1. The topological polar surface area (TPSA) is 74.2 Å². The monoisotopic (exact) mass is 403 g/mol. The number of carbonyl (C=O) groups excluding carboxylic acids is 2. The van der Waals surface area contributed by atoms with Gasteiger partial charge in [-0.3, -0.25) is 9.59 Å². The molecule has 3 aliphatic rings. The number of H-pyrrole nitrogens is 1. The first-order valence-corrected chi connectivity index (χ1v) is 10.9. The molecule has 2 aliphatic heterocycles. The molecule has 4 heterocycles. The highest BCUT2D eigenvalue weighted by molar-refractivity contribution is 5.98. The molecule has 0 unspecified atom stereocenters. The van der Waals surface area contributed by atoms with Crippen LogP contribution in [0.1, 0.15) is 58.8 Å². The molecule has 154 valence electrons. The van der Waals surface area contributed by atoms with Crippen LogP contribution in [-0.2, 0) is 13.1 Å². The lowest BCUT2D eigenvalue weighted by molar-refractivity contribution is 0.0558. The summed E-state index contributed by atoms with van der Waals surface area (Å²) in [7, 11) is 0. The van der Waals surface area contributed by atoms with E-state index in [1.54, 1.807) is 6.33 Å². The summed E-state index contributed by atoms with van der Waals surface area (Å²) in [5.74, 6) is 0.00884. The molecule has 1 aliphatic carbocycles. The number of fused-ring (bicyclic) bond motifs is 2. The SMILES string of the molecule is O=C(c1cc2ccccc2[nH]1)N1CCn2cnc(C(=O)N3CCCCC34CC4)c2C1. The molecule has 0 atom stereocenters. The first kappa shape index (κ1) is 17.7. The Bertz CT molecular complexity index is 1120. The lowest BCUT2D eigenvalue weighted by Crippen LogP contribution is -2.46. The molecule has 2 fully saturated rings. The number of hydrogen-bond acceptors (Lipinski definition) is 3. The van der Waals surface area contributed by atoms with Crippen LogP contribution in [0.25, 0.3) is 10.9 Å². The van der Waals surface area contributed by atoms with Gasteiger partial charge in [-0.25, -0.2) is 4.98 Å². The molecule has 1 saturated heterocycles. The minimum atomic E-state index is -0.0336. The van der Waals surface area contributed by atoms with Crippen LogP contribution < -0.4 is 0 Å². The van der Waals surface area contributed by atoms with E-state index < -0.39 is 0 Å². The number of para-hydroxylation sites is 1. The van der Waals surface area contributed by atoms with Gasteiger partial charge in [-0.05, 0) is 44.2 Å². The number of nitrogens with zero attached hydrogens (tertiary/aromatic N) is 4. The predicted molar refractivity (Wildman–Crippen MR) is 112 cm³/mol. The highest BCUT2D eigenvalue weighted by Gasteiger charge is 2.51. The van der Waals surface area contributed by atoms with Gasteiger partial charge in [0.05, 0.1) is 18.6 Å². The third kappa shape index (κ3) is 2.68. The normalized spacial score (nSPS) is 19.9. The van der Waals surface area contributed by atoms with Crippen molar-refractivity contribution in [2.75, 3.05) is 13.1 Å². The Morgan fingerprint density at radius 1 is 1.00 bits per heavy atom. The van der Waals surface area contributed by atoms with E-state index >= 15 is 0 Å². The lowest BCUT2D eigenvalue weighted by Gasteiger charge is -2.36. The van der Waals surface area contributed by atoms with Crippen molar-refractivity contribution in [3.8, 4) is 0 Å². The first-order valence-electron chi connectivity index (χ1n) is 10.9. The number of aromatic amines is 1. The molecule has 2 aromatic heterocycles. The summed E-state index contributed by atoms with van der Waals surface area (Å²) in [6.45, 7) is 2.50. The Balaban J connectivity index is 1.27. The Labute approximate surface area is 174 Å². The maximum absolute atomic E-state index is 13.4. The molecule has 0 radical (unpaired) electrons. The number of hydrogen-bond donors (Lipinski definition) is 1. The Morgan fingerprint density at radius 2 is 1.87 bits per heavy atom. The van der Waals surface area contributed by atoms with Crippen molar-refractivity contribution in [2.24, 2.45) is 0 Å². The second-order valence-electron chi connectivity index (χ2n) is 8.87. The molecule has 1 spiro atoms. The van der Waals surface area contributed by atoms with E-state index in [0.717, 1.165) is 48.8 Å². The summed E-state index contributed by atoms with van der Waals surface area (Å²) in [4.78, 5) is 38.2. The third-order valence-corrected chi connectivity index (χ3v) is 7.07. The van der Waals surface area contributed by atoms with Gasteiger partial charge in [0, 0.05) is 36.1 Å². The maximum atomic E-state index is 13.4. The summed E-state index contributed by atoms with van der Waals surface area (Å²) in [5, 5.41) is 1.03. The van der Waals surface area contributed by atoms with Crippen LogP contribution >= 0.6 is 0 Å². The Kier molecular flexibility index (Phi) is 3.82. The predicted octanol–water partition coefficient (Wildman–Crippen LogP) is 3.18. The molecular weight excluding hydrogens is 378 g/mol. The van der Waals surface area contributed by atoms with Gasteiger partial charge in [-0.1, -0.05) is 18.2 Å². The van der Waals surface area contributed by atoms with Gasteiger partial charge >= 0.3 is 0 Å². The fraction of sp³-hybridized carbons (Fsp3) is 0.435. The van der Waals surface area contributed by atoms with Gasteiger partial charge in [0.2, 0.25) is 0 Å². The van der Waals surface area contributed by atoms with Crippen molar-refractivity contribution >= 4 is 22.7 Å². The summed E-state index contributed by atoms with van der Waals surface area (Å²) in [6, 6.07) is 9.80. The highest BCUT2D eigenvalue weighted by atomic mass is 16.2. The summed E-state index contributed by atoms with van der Waals surface area (Å²) in [6.07, 6.45) is 7.36. The number of amides is 2. The van der Waals surface area contributed by atoms with Crippen molar-refractivity contribution in [1.82, 2.24) is 24.3 Å². The summed E-state index contributed by atoms with van der Waals surface area (Å²) in [5.41, 5.74) is 3.01. The van der Waals surface area contributed by atoms with Gasteiger partial charge in [0.15, 0.2) is 5.69 Å². The molecule has 6 rings (SSSR count). The number of benzene rings is 1. The molecule has 1 saturated carbocycles. The molecule has 0 bridgehead atoms. The van der Waals surface area contributed by atoms with Crippen LogP contribution in [0.5, 0.6) is 0 Å². The highest BCUT2D eigenvalue weighted by Crippen LogP contribution is 2.48. The lowest BCUT2D eigenvalue weighted by atomic mass is 9.99. The number of carbonyl (C=O) groups is 2. The zero-order valence-corrected chi connectivity index (χ0v) is 16.9. The molecule has 3 aromatic rings. The van der Waals surface area contributed by atoms with E-state index in [4.69, 9.17) is 0 Å². The van der Waals surface area contributed by atoms with Crippen molar-refractivity contribution in [1.29, 1.82) is 0 Å². The zero-order valence-electron chi connectivity index (χ0n) is 16.9. The number of likely N-dealkylation sites (tertiary alicyclic amines) is 1. The quantitative estimate of drug-likeness (QED) is 0.714. The van der Waals surface area contributed by atoms with Crippen molar-refractivity contribution < 1.29 is 9.59 Å². The maximum Gasteiger partial charge on any atom is 0.274 e. The molecule has 1 N–H and O–H groups in total. The smallest absolute Gasteiger partial charge is 0.274 e. The number of aromatic nitrogens is 3.